The Labute approximate surface area is 131 Å². The average Bonchev–Trinajstić information content (AvgIpc) is 2.97. The summed E-state index contributed by atoms with van der Waals surface area (Å²) in [6, 6.07) is 9.56. The van der Waals surface area contributed by atoms with Crippen LogP contribution in [0.25, 0.3) is 6.08 Å². The van der Waals surface area contributed by atoms with Crippen molar-refractivity contribution >= 4 is 15.9 Å². The van der Waals surface area contributed by atoms with Crippen LogP contribution in [0.3, 0.4) is 0 Å². The average molecular weight is 320 g/mol. The van der Waals surface area contributed by atoms with Crippen molar-refractivity contribution < 1.29 is 12.9 Å². The number of hydrogen-bond donors (Lipinski definition) is 0. The van der Waals surface area contributed by atoms with Crippen molar-refractivity contribution in [2.45, 2.75) is 31.9 Å². The summed E-state index contributed by atoms with van der Waals surface area (Å²) in [5.74, 6) is 0.710. The maximum absolute atomic E-state index is 12.3. The summed E-state index contributed by atoms with van der Waals surface area (Å²) in [6.07, 6.45) is 3.43. The minimum absolute atomic E-state index is 0.0670. The summed E-state index contributed by atoms with van der Waals surface area (Å²) in [6.45, 7) is 5.43. The largest absolute Gasteiger partial charge is 0.338 e. The molecule has 0 aliphatic rings. The second-order valence-electron chi connectivity index (χ2n) is 5.43. The topological polar surface area (TPSA) is 73.1 Å². The zero-order chi connectivity index (χ0) is 16.2. The molecule has 0 amide bonds. The van der Waals surface area contributed by atoms with Gasteiger partial charge >= 0.3 is 0 Å². The normalized spacial score (nSPS) is 13.8. The predicted octanol–water partition coefficient (Wildman–Crippen LogP) is 3.38. The number of sulfone groups is 1. The molecule has 0 saturated carbocycles. The lowest BCUT2D eigenvalue weighted by Crippen LogP contribution is -2.13. The highest BCUT2D eigenvalue weighted by atomic mass is 32.2. The second-order valence-corrected chi connectivity index (χ2v) is 7.80. The van der Waals surface area contributed by atoms with E-state index >= 15 is 0 Å². The van der Waals surface area contributed by atoms with Crippen molar-refractivity contribution in [3.63, 3.8) is 0 Å². The Hall–Kier alpha value is -1.95. The number of hydrogen-bond acceptors (Lipinski definition) is 5. The predicted molar refractivity (Wildman–Crippen MR) is 86.1 cm³/mol. The van der Waals surface area contributed by atoms with Crippen molar-refractivity contribution in [1.29, 1.82) is 0 Å². The van der Waals surface area contributed by atoms with E-state index in [0.717, 1.165) is 5.56 Å². The molecule has 1 aromatic heterocycles. The summed E-state index contributed by atoms with van der Waals surface area (Å²) >= 11 is 0. The fourth-order valence-electron chi connectivity index (χ4n) is 1.83. The van der Waals surface area contributed by atoms with Gasteiger partial charge in [0.05, 0.1) is 5.75 Å². The van der Waals surface area contributed by atoms with E-state index in [1.807, 2.05) is 44.2 Å². The van der Waals surface area contributed by atoms with Gasteiger partial charge in [0.25, 0.3) is 0 Å². The first-order valence-electron chi connectivity index (χ1n) is 7.17. The van der Waals surface area contributed by atoms with Gasteiger partial charge in [-0.15, -0.1) is 0 Å². The Morgan fingerprint density at radius 2 is 1.86 bits per heavy atom. The molecular formula is C16H20N2O3S. The van der Waals surface area contributed by atoms with Crippen LogP contribution < -0.4 is 0 Å². The van der Waals surface area contributed by atoms with E-state index in [0.29, 0.717) is 5.82 Å². The Balaban J connectivity index is 2.07. The van der Waals surface area contributed by atoms with E-state index in [2.05, 4.69) is 10.1 Å². The smallest absolute Gasteiger partial charge is 0.244 e. The third-order valence-electron chi connectivity index (χ3n) is 3.30. The first-order chi connectivity index (χ1) is 10.4. The molecule has 22 heavy (non-hydrogen) atoms. The van der Waals surface area contributed by atoms with Crippen molar-refractivity contribution in [3.8, 4) is 0 Å². The number of nitrogens with zero attached hydrogens (tertiary/aromatic N) is 2. The molecular weight excluding hydrogens is 300 g/mol. The molecule has 1 aromatic carbocycles. The lowest BCUT2D eigenvalue weighted by atomic mass is 10.2. The van der Waals surface area contributed by atoms with Gasteiger partial charge in [0.15, 0.2) is 15.7 Å². The number of rotatable bonds is 6. The van der Waals surface area contributed by atoms with E-state index in [9.17, 15) is 8.42 Å². The molecule has 0 radical (unpaired) electrons. The van der Waals surface area contributed by atoms with Gasteiger partial charge in [0.2, 0.25) is 5.89 Å². The van der Waals surface area contributed by atoms with E-state index in [-0.39, 0.29) is 17.6 Å². The van der Waals surface area contributed by atoms with Crippen molar-refractivity contribution in [3.05, 3.63) is 53.7 Å². The fraction of sp³-hybridized carbons (Fsp3) is 0.375. The molecule has 118 valence electrons. The van der Waals surface area contributed by atoms with Crippen molar-refractivity contribution in [1.82, 2.24) is 10.1 Å². The minimum Gasteiger partial charge on any atom is -0.338 e. The third kappa shape index (κ3) is 4.04. The van der Waals surface area contributed by atoms with Gasteiger partial charge in [-0.1, -0.05) is 61.5 Å². The highest BCUT2D eigenvalue weighted by Crippen LogP contribution is 2.23. The molecule has 6 heteroatoms. The Morgan fingerprint density at radius 1 is 1.18 bits per heavy atom. The van der Waals surface area contributed by atoms with Crippen molar-refractivity contribution in [2.75, 3.05) is 5.75 Å². The number of aromatic nitrogens is 2. The van der Waals surface area contributed by atoms with E-state index in [1.54, 1.807) is 19.1 Å². The standard InChI is InChI=1S/C16H20N2O3S/c1-12(2)15-17-16(21-18-15)13(3)22(19,20)11-7-10-14-8-5-4-6-9-14/h4-10,12-13H,11H2,1-3H3/b10-7+/t13-/m1/s1. The van der Waals surface area contributed by atoms with Gasteiger partial charge in [-0.25, -0.2) is 8.42 Å². The lowest BCUT2D eigenvalue weighted by Gasteiger charge is -2.06. The highest BCUT2D eigenvalue weighted by Gasteiger charge is 2.27. The van der Waals surface area contributed by atoms with Crippen LogP contribution in [0.4, 0.5) is 0 Å². The van der Waals surface area contributed by atoms with E-state index < -0.39 is 15.1 Å². The molecule has 0 bridgehead atoms. The minimum atomic E-state index is -3.38. The molecule has 5 nitrogen and oxygen atoms in total. The Bertz CT molecular complexity index is 734. The molecule has 0 N–H and O–H groups in total. The quantitative estimate of drug-likeness (QED) is 0.815. The molecule has 0 spiro atoms. The van der Waals surface area contributed by atoms with Crippen LogP contribution in [0.15, 0.2) is 40.9 Å². The van der Waals surface area contributed by atoms with Crippen LogP contribution in [0.2, 0.25) is 0 Å². The zero-order valence-electron chi connectivity index (χ0n) is 12.9. The summed E-state index contributed by atoms with van der Waals surface area (Å²) in [5, 5.41) is 3.00. The van der Waals surface area contributed by atoms with Crippen molar-refractivity contribution in [2.24, 2.45) is 0 Å². The van der Waals surface area contributed by atoms with Crippen LogP contribution in [-0.2, 0) is 9.84 Å². The SMILES string of the molecule is CC(C)c1noc([C@@H](C)S(=O)(=O)C/C=C/c2ccccc2)n1. The highest BCUT2D eigenvalue weighted by molar-refractivity contribution is 7.91. The molecule has 2 aromatic rings. The third-order valence-corrected chi connectivity index (χ3v) is 5.23. The molecule has 0 saturated heterocycles. The van der Waals surface area contributed by atoms with Crippen LogP contribution in [0.5, 0.6) is 0 Å². The summed E-state index contributed by atoms with van der Waals surface area (Å²) in [4.78, 5) is 4.16. The van der Waals surface area contributed by atoms with Gasteiger partial charge in [0, 0.05) is 5.92 Å². The maximum atomic E-state index is 12.3. The van der Waals surface area contributed by atoms with Crippen LogP contribution >= 0.6 is 0 Å². The first kappa shape index (κ1) is 16.4. The summed E-state index contributed by atoms with van der Waals surface area (Å²) in [7, 11) is -3.38. The lowest BCUT2D eigenvalue weighted by molar-refractivity contribution is 0.369. The van der Waals surface area contributed by atoms with Gasteiger partial charge < -0.3 is 4.52 Å². The zero-order valence-corrected chi connectivity index (χ0v) is 13.7. The molecule has 0 aliphatic carbocycles. The number of benzene rings is 1. The molecule has 0 aliphatic heterocycles. The molecule has 2 rings (SSSR count). The first-order valence-corrected chi connectivity index (χ1v) is 8.88. The molecule has 1 atom stereocenters. The molecule has 0 fully saturated rings. The molecule has 0 unspecified atom stereocenters. The monoisotopic (exact) mass is 320 g/mol. The maximum Gasteiger partial charge on any atom is 0.244 e. The summed E-state index contributed by atoms with van der Waals surface area (Å²) in [5.41, 5.74) is 0.963. The second kappa shape index (κ2) is 6.87. The van der Waals surface area contributed by atoms with Gasteiger partial charge in [0.1, 0.15) is 5.25 Å². The van der Waals surface area contributed by atoms with Crippen LogP contribution in [0.1, 0.15) is 49.2 Å². The van der Waals surface area contributed by atoms with E-state index in [4.69, 9.17) is 4.52 Å². The van der Waals surface area contributed by atoms with Gasteiger partial charge in [-0.2, -0.15) is 4.98 Å². The molecule has 1 heterocycles. The Morgan fingerprint density at radius 3 is 2.45 bits per heavy atom. The van der Waals surface area contributed by atoms with Gasteiger partial charge in [-0.05, 0) is 12.5 Å². The van der Waals surface area contributed by atoms with Crippen LogP contribution in [0, 0.1) is 0 Å². The van der Waals surface area contributed by atoms with Gasteiger partial charge in [-0.3, -0.25) is 0 Å². The fourth-order valence-corrected chi connectivity index (χ4v) is 2.88. The Kier molecular flexibility index (Phi) is 5.13. The van der Waals surface area contributed by atoms with Crippen LogP contribution in [-0.4, -0.2) is 24.3 Å². The van der Waals surface area contributed by atoms with E-state index in [1.165, 1.54) is 0 Å². The summed E-state index contributed by atoms with van der Waals surface area (Å²) < 4.78 is 29.7.